The zero-order valence-electron chi connectivity index (χ0n) is 24.5. The molecule has 0 aliphatic carbocycles. The number of carbonyl (C=O) groups is 1. The molecular weight excluding hydrogens is 518 g/mol. The van der Waals surface area contributed by atoms with Gasteiger partial charge in [0.15, 0.2) is 0 Å². The number of benzene rings is 3. The molecule has 1 aromatic heterocycles. The average molecular weight is 560 g/mol. The van der Waals surface area contributed by atoms with Gasteiger partial charge >= 0.3 is 6.09 Å². The molecule has 5 N–H and O–H groups in total. The Hall–Kier alpha value is -4.12. The number of carbonyl (C=O) groups excluding carboxylic acids is 1. The van der Waals surface area contributed by atoms with Gasteiger partial charge in [0.05, 0.1) is 29.9 Å². The van der Waals surface area contributed by atoms with E-state index < -0.39 is 6.09 Å². The highest BCUT2D eigenvalue weighted by Crippen LogP contribution is 2.36. The van der Waals surface area contributed by atoms with Crippen LogP contribution >= 0.6 is 0 Å². The maximum Gasteiger partial charge on any atom is 0.411 e. The summed E-state index contributed by atoms with van der Waals surface area (Å²) in [6.45, 7) is 5.33. The molecule has 0 aliphatic heterocycles. The highest BCUT2D eigenvalue weighted by Gasteiger charge is 2.13. The molecule has 1 heterocycles. The summed E-state index contributed by atoms with van der Waals surface area (Å²) in [6, 6.07) is 17.8. The van der Waals surface area contributed by atoms with Crippen LogP contribution in [0.15, 0.2) is 54.6 Å². The topological polar surface area (TPSA) is 114 Å². The first-order chi connectivity index (χ1) is 19.7. The van der Waals surface area contributed by atoms with E-state index in [2.05, 4.69) is 95.7 Å². The minimum absolute atomic E-state index is 0.172. The van der Waals surface area contributed by atoms with Crippen molar-refractivity contribution in [2.24, 2.45) is 0 Å². The van der Waals surface area contributed by atoms with Crippen LogP contribution in [-0.2, 0) is 11.3 Å². The van der Waals surface area contributed by atoms with Gasteiger partial charge in [-0.15, -0.1) is 0 Å². The lowest BCUT2D eigenvalue weighted by atomic mass is 10.1. The maximum atomic E-state index is 12.1. The number of ether oxygens (including phenoxy) is 1. The molecule has 0 fully saturated rings. The van der Waals surface area contributed by atoms with Gasteiger partial charge in [-0.05, 0) is 95.3 Å². The summed E-state index contributed by atoms with van der Waals surface area (Å²) in [5.74, 6) is 0. The van der Waals surface area contributed by atoms with E-state index in [9.17, 15) is 9.90 Å². The van der Waals surface area contributed by atoms with Crippen LogP contribution in [-0.4, -0.2) is 87.0 Å². The molecule has 4 rings (SSSR count). The lowest BCUT2D eigenvalue weighted by Crippen LogP contribution is -2.20. The molecule has 1 amide bonds. The number of hydrogen-bond donors (Lipinski definition) is 5. The molecule has 0 radical (unpaired) electrons. The van der Waals surface area contributed by atoms with E-state index in [0.29, 0.717) is 11.3 Å². The SMILES string of the molecule is CCOC(=O)Nc1cc(CO)cc(Nc2c3ccc(NCCN(C)C)cc3nc3cc(NCCN(C)C)ccc23)c1. The number of aliphatic hydroxyl groups is 1. The summed E-state index contributed by atoms with van der Waals surface area (Å²) in [5, 5.41) is 25.1. The van der Waals surface area contributed by atoms with Crippen molar-refractivity contribution in [2.75, 3.05) is 82.2 Å². The van der Waals surface area contributed by atoms with Gasteiger partial charge in [-0.2, -0.15) is 0 Å². The van der Waals surface area contributed by atoms with Crippen LogP contribution in [0.5, 0.6) is 0 Å². The summed E-state index contributed by atoms with van der Waals surface area (Å²) in [4.78, 5) is 21.4. The van der Waals surface area contributed by atoms with Gasteiger partial charge in [-0.25, -0.2) is 9.78 Å². The second-order valence-corrected chi connectivity index (χ2v) is 10.5. The predicted molar refractivity (Wildman–Crippen MR) is 170 cm³/mol. The Morgan fingerprint density at radius 1 is 0.805 bits per heavy atom. The van der Waals surface area contributed by atoms with Crippen molar-refractivity contribution >= 4 is 56.3 Å². The highest BCUT2D eigenvalue weighted by molar-refractivity contribution is 6.10. The van der Waals surface area contributed by atoms with E-state index in [4.69, 9.17) is 9.72 Å². The molecule has 0 atom stereocenters. The summed E-state index contributed by atoms with van der Waals surface area (Å²) >= 11 is 0. The van der Waals surface area contributed by atoms with E-state index in [0.717, 1.165) is 70.7 Å². The van der Waals surface area contributed by atoms with Crippen LogP contribution in [0.1, 0.15) is 12.5 Å². The first kappa shape index (κ1) is 29.9. The van der Waals surface area contributed by atoms with Gasteiger partial charge in [0.25, 0.3) is 0 Å². The first-order valence-electron chi connectivity index (χ1n) is 13.9. The van der Waals surface area contributed by atoms with Crippen LogP contribution in [0.2, 0.25) is 0 Å². The lowest BCUT2D eigenvalue weighted by Gasteiger charge is -2.17. The van der Waals surface area contributed by atoms with Gasteiger partial charge in [-0.1, -0.05) is 0 Å². The molecular formula is C31H41N7O3. The molecule has 0 saturated heterocycles. The Morgan fingerprint density at radius 2 is 1.37 bits per heavy atom. The Labute approximate surface area is 241 Å². The molecule has 0 unspecified atom stereocenters. The van der Waals surface area contributed by atoms with Gasteiger partial charge in [-0.3, -0.25) is 5.32 Å². The molecule has 41 heavy (non-hydrogen) atoms. The Kier molecular flexibility index (Phi) is 10.2. The number of likely N-dealkylation sites (N-methyl/N-ethyl adjacent to an activating group) is 2. The van der Waals surface area contributed by atoms with Gasteiger partial charge < -0.3 is 35.6 Å². The Bertz CT molecular complexity index is 1420. The minimum Gasteiger partial charge on any atom is -0.450 e. The predicted octanol–water partition coefficient (Wildman–Crippen LogP) is 5.14. The van der Waals surface area contributed by atoms with Crippen molar-refractivity contribution in [3.05, 3.63) is 60.2 Å². The third-order valence-electron chi connectivity index (χ3n) is 6.52. The fraction of sp³-hybridized carbons (Fsp3) is 0.355. The van der Waals surface area contributed by atoms with E-state index in [1.165, 1.54) is 0 Å². The van der Waals surface area contributed by atoms with Crippen molar-refractivity contribution in [1.29, 1.82) is 0 Å². The molecule has 4 aromatic rings. The number of nitrogens with zero attached hydrogens (tertiary/aromatic N) is 3. The van der Waals surface area contributed by atoms with Crippen LogP contribution in [0.3, 0.4) is 0 Å². The number of amides is 1. The number of anilines is 5. The van der Waals surface area contributed by atoms with E-state index in [-0.39, 0.29) is 13.2 Å². The number of hydrogen-bond acceptors (Lipinski definition) is 9. The average Bonchev–Trinajstić information content (AvgIpc) is 2.92. The normalized spacial score (nSPS) is 11.3. The number of aliphatic hydroxyl groups excluding tert-OH is 1. The maximum absolute atomic E-state index is 12.1. The Morgan fingerprint density at radius 3 is 1.88 bits per heavy atom. The van der Waals surface area contributed by atoms with Crippen molar-refractivity contribution in [1.82, 2.24) is 14.8 Å². The smallest absolute Gasteiger partial charge is 0.411 e. The molecule has 0 spiro atoms. The quantitative estimate of drug-likeness (QED) is 0.142. The Balaban J connectivity index is 1.76. The lowest BCUT2D eigenvalue weighted by molar-refractivity contribution is 0.168. The summed E-state index contributed by atoms with van der Waals surface area (Å²) < 4.78 is 5.04. The molecule has 10 heteroatoms. The molecule has 0 saturated carbocycles. The van der Waals surface area contributed by atoms with Gasteiger partial charge in [0.2, 0.25) is 0 Å². The number of rotatable bonds is 13. The summed E-state index contributed by atoms with van der Waals surface area (Å²) in [7, 11) is 8.21. The number of pyridine rings is 1. The van der Waals surface area contributed by atoms with E-state index in [1.807, 2.05) is 12.1 Å². The number of fused-ring (bicyclic) bond motifs is 2. The largest absolute Gasteiger partial charge is 0.450 e. The first-order valence-corrected chi connectivity index (χ1v) is 13.9. The summed E-state index contributed by atoms with van der Waals surface area (Å²) in [5.41, 5.74) is 6.50. The summed E-state index contributed by atoms with van der Waals surface area (Å²) in [6.07, 6.45) is -0.544. The molecule has 218 valence electrons. The van der Waals surface area contributed by atoms with Crippen LogP contribution < -0.4 is 21.3 Å². The van der Waals surface area contributed by atoms with E-state index in [1.54, 1.807) is 13.0 Å². The zero-order valence-corrected chi connectivity index (χ0v) is 24.5. The second-order valence-electron chi connectivity index (χ2n) is 10.5. The van der Waals surface area contributed by atoms with Gasteiger partial charge in [0.1, 0.15) is 0 Å². The third kappa shape index (κ3) is 8.20. The standard InChI is InChI=1S/C31H41N7O3/c1-6-41-31(40)35-25-16-21(20-39)15-24(17-25)34-30-26-9-7-22(32-11-13-37(2)3)18-28(26)36-29-19-23(8-10-27(29)30)33-12-14-38(4)5/h7-10,15-19,32-33,39H,6,11-14,20H2,1-5H3,(H,34,36)(H,35,40). The third-order valence-corrected chi connectivity index (χ3v) is 6.52. The molecule has 3 aromatic carbocycles. The number of nitrogens with one attached hydrogen (secondary N) is 4. The molecule has 0 bridgehead atoms. The second kappa shape index (κ2) is 14.0. The van der Waals surface area contributed by atoms with Crippen LogP contribution in [0, 0.1) is 0 Å². The van der Waals surface area contributed by atoms with Gasteiger partial charge in [0, 0.05) is 59.7 Å². The monoisotopic (exact) mass is 559 g/mol. The van der Waals surface area contributed by atoms with Crippen molar-refractivity contribution in [3.8, 4) is 0 Å². The molecule has 10 nitrogen and oxygen atoms in total. The minimum atomic E-state index is -0.544. The highest BCUT2D eigenvalue weighted by atomic mass is 16.5. The van der Waals surface area contributed by atoms with Crippen molar-refractivity contribution in [2.45, 2.75) is 13.5 Å². The fourth-order valence-electron chi connectivity index (χ4n) is 4.51. The number of aromatic nitrogens is 1. The van der Waals surface area contributed by atoms with Crippen molar-refractivity contribution < 1.29 is 14.6 Å². The van der Waals surface area contributed by atoms with Crippen LogP contribution in [0.4, 0.5) is 33.2 Å². The fourth-order valence-corrected chi connectivity index (χ4v) is 4.51. The molecule has 0 aliphatic rings. The van der Waals surface area contributed by atoms with E-state index >= 15 is 0 Å². The zero-order chi connectivity index (χ0) is 29.4. The van der Waals surface area contributed by atoms with Crippen LogP contribution in [0.25, 0.3) is 21.8 Å². The van der Waals surface area contributed by atoms with Crippen molar-refractivity contribution in [3.63, 3.8) is 0 Å².